The summed E-state index contributed by atoms with van der Waals surface area (Å²) >= 11 is 0. The molecule has 2 atom stereocenters. The van der Waals surface area contributed by atoms with E-state index in [2.05, 4.69) is 5.32 Å². The van der Waals surface area contributed by atoms with Crippen LogP contribution in [0, 0.1) is 0 Å². The van der Waals surface area contributed by atoms with E-state index in [-0.39, 0.29) is 23.2 Å². The molecule has 2 amide bonds. The van der Waals surface area contributed by atoms with Gasteiger partial charge in [-0.05, 0) is 68.3 Å². The number of sulfonamides is 1. The summed E-state index contributed by atoms with van der Waals surface area (Å²) in [6.45, 7) is 4.25. The minimum absolute atomic E-state index is 0.0903. The molecule has 0 aliphatic heterocycles. The topological polar surface area (TPSA) is 96.0 Å². The summed E-state index contributed by atoms with van der Waals surface area (Å²) in [6.07, 6.45) is -4.11. The molecule has 0 spiro atoms. The van der Waals surface area contributed by atoms with E-state index in [1.165, 1.54) is 49.3 Å². The molecule has 0 aromatic heterocycles. The van der Waals surface area contributed by atoms with Gasteiger partial charge in [0.25, 0.3) is 10.0 Å². The lowest BCUT2D eigenvalue weighted by Gasteiger charge is -2.32. The molecule has 0 aliphatic rings. The molecule has 0 saturated carbocycles. The molecule has 42 heavy (non-hydrogen) atoms. The normalized spacial score (nSPS) is 13.1. The molecule has 0 bridgehead atoms. The van der Waals surface area contributed by atoms with Crippen molar-refractivity contribution >= 4 is 27.5 Å². The number of alkyl halides is 3. The van der Waals surface area contributed by atoms with Crippen molar-refractivity contribution in [3.05, 3.63) is 90.0 Å². The summed E-state index contributed by atoms with van der Waals surface area (Å²) < 4.78 is 74.1. The number of carbonyl (C=O) groups excluding carboxylic acids is 2. The van der Waals surface area contributed by atoms with Crippen LogP contribution in [0.2, 0.25) is 0 Å². The highest BCUT2D eigenvalue weighted by Crippen LogP contribution is 2.33. The van der Waals surface area contributed by atoms with Crippen molar-refractivity contribution in [1.29, 1.82) is 0 Å². The van der Waals surface area contributed by atoms with E-state index in [4.69, 9.17) is 4.74 Å². The van der Waals surface area contributed by atoms with Gasteiger partial charge in [-0.25, -0.2) is 8.42 Å². The number of methoxy groups -OCH3 is 1. The number of ether oxygens (including phenoxy) is 1. The lowest BCUT2D eigenvalue weighted by Crippen LogP contribution is -2.52. The number of amides is 2. The van der Waals surface area contributed by atoms with Crippen LogP contribution in [0.1, 0.15) is 38.3 Å². The lowest BCUT2D eigenvalue weighted by molar-refractivity contribution is -0.139. The van der Waals surface area contributed by atoms with Crippen molar-refractivity contribution in [3.63, 3.8) is 0 Å². The Morgan fingerprint density at radius 3 is 2.24 bits per heavy atom. The first kappa shape index (κ1) is 32.5. The van der Waals surface area contributed by atoms with Crippen LogP contribution in [-0.4, -0.2) is 50.9 Å². The Labute approximate surface area is 244 Å². The number of nitrogens with zero attached hydrogens (tertiary/aromatic N) is 2. The average molecular weight is 606 g/mol. The number of nitrogens with one attached hydrogen (secondary N) is 1. The fourth-order valence-corrected chi connectivity index (χ4v) is 5.53. The zero-order valence-electron chi connectivity index (χ0n) is 23.8. The molecule has 1 N–H and O–H groups in total. The van der Waals surface area contributed by atoms with Gasteiger partial charge in [0.2, 0.25) is 11.8 Å². The van der Waals surface area contributed by atoms with Gasteiger partial charge in [-0.2, -0.15) is 13.2 Å². The third kappa shape index (κ3) is 8.03. The van der Waals surface area contributed by atoms with Crippen molar-refractivity contribution < 1.29 is 35.9 Å². The van der Waals surface area contributed by atoms with Crippen molar-refractivity contribution in [2.75, 3.05) is 18.0 Å². The highest BCUT2D eigenvalue weighted by molar-refractivity contribution is 7.92. The smallest absolute Gasteiger partial charge is 0.416 e. The Bertz CT molecular complexity index is 1480. The Morgan fingerprint density at radius 2 is 1.62 bits per heavy atom. The Kier molecular flexibility index (Phi) is 10.6. The molecule has 0 heterocycles. The van der Waals surface area contributed by atoms with E-state index in [1.807, 2.05) is 6.92 Å². The minimum atomic E-state index is -4.75. The second-order valence-corrected chi connectivity index (χ2v) is 11.6. The molecular weight excluding hydrogens is 571 g/mol. The van der Waals surface area contributed by atoms with Crippen molar-refractivity contribution in [3.8, 4) is 5.75 Å². The van der Waals surface area contributed by atoms with Crippen LogP contribution >= 0.6 is 0 Å². The Morgan fingerprint density at radius 1 is 0.952 bits per heavy atom. The molecule has 3 aromatic rings. The SMILES string of the molecule is CC[C@@H](C)NC(=O)[C@@H](C)N(Cc1cccc(OC)c1)C(=O)CN(c1cccc(C(F)(F)F)c1)S(=O)(=O)c1ccccc1. The zero-order valence-corrected chi connectivity index (χ0v) is 24.6. The maximum absolute atomic E-state index is 13.9. The van der Waals surface area contributed by atoms with E-state index < -0.39 is 46.2 Å². The van der Waals surface area contributed by atoms with Crippen LogP contribution in [0.15, 0.2) is 83.8 Å². The molecule has 0 fully saturated rings. The molecular formula is C30H34F3N3O5S. The lowest BCUT2D eigenvalue weighted by atomic mass is 10.1. The van der Waals surface area contributed by atoms with Crippen LogP contribution in [0.5, 0.6) is 5.75 Å². The molecule has 12 heteroatoms. The van der Waals surface area contributed by atoms with E-state index in [0.717, 1.165) is 12.1 Å². The summed E-state index contributed by atoms with van der Waals surface area (Å²) in [7, 11) is -3.02. The Hall–Kier alpha value is -4.06. The van der Waals surface area contributed by atoms with Gasteiger partial charge in [-0.3, -0.25) is 13.9 Å². The quantitative estimate of drug-likeness (QED) is 0.305. The number of carbonyl (C=O) groups is 2. The van der Waals surface area contributed by atoms with E-state index in [1.54, 1.807) is 37.3 Å². The highest BCUT2D eigenvalue weighted by Gasteiger charge is 2.35. The third-order valence-electron chi connectivity index (χ3n) is 6.73. The molecule has 226 valence electrons. The van der Waals surface area contributed by atoms with Crippen molar-refractivity contribution in [2.24, 2.45) is 0 Å². The number of rotatable bonds is 12. The zero-order chi connectivity index (χ0) is 31.1. The summed E-state index contributed by atoms with van der Waals surface area (Å²) in [4.78, 5) is 28.0. The maximum atomic E-state index is 13.9. The van der Waals surface area contributed by atoms with Crippen LogP contribution < -0.4 is 14.4 Å². The minimum Gasteiger partial charge on any atom is -0.497 e. The largest absolute Gasteiger partial charge is 0.497 e. The van der Waals surface area contributed by atoms with Crippen LogP contribution in [-0.2, 0) is 32.3 Å². The van der Waals surface area contributed by atoms with Crippen LogP contribution in [0.4, 0.5) is 18.9 Å². The predicted molar refractivity (Wildman–Crippen MR) is 153 cm³/mol. The van der Waals surface area contributed by atoms with Gasteiger partial charge in [-0.15, -0.1) is 0 Å². The second-order valence-electron chi connectivity index (χ2n) is 9.74. The third-order valence-corrected chi connectivity index (χ3v) is 8.52. The van der Waals surface area contributed by atoms with Gasteiger partial charge >= 0.3 is 6.18 Å². The van der Waals surface area contributed by atoms with Crippen molar-refractivity contribution in [1.82, 2.24) is 10.2 Å². The van der Waals surface area contributed by atoms with Gasteiger partial charge in [0, 0.05) is 12.6 Å². The van der Waals surface area contributed by atoms with Gasteiger partial charge < -0.3 is 15.0 Å². The molecule has 0 saturated heterocycles. The molecule has 3 rings (SSSR count). The molecule has 3 aromatic carbocycles. The average Bonchev–Trinajstić information content (AvgIpc) is 2.98. The first-order valence-electron chi connectivity index (χ1n) is 13.3. The fraction of sp³-hybridized carbons (Fsp3) is 0.333. The van der Waals surface area contributed by atoms with E-state index in [0.29, 0.717) is 28.1 Å². The fourth-order valence-electron chi connectivity index (χ4n) is 4.10. The molecule has 0 unspecified atom stereocenters. The number of hydrogen-bond donors (Lipinski definition) is 1. The number of hydrogen-bond acceptors (Lipinski definition) is 5. The van der Waals surface area contributed by atoms with Gasteiger partial charge in [0.05, 0.1) is 23.3 Å². The number of benzene rings is 3. The summed E-state index contributed by atoms with van der Waals surface area (Å²) in [5.41, 5.74) is -0.822. The summed E-state index contributed by atoms with van der Waals surface area (Å²) in [5, 5.41) is 2.82. The van der Waals surface area contributed by atoms with Crippen molar-refractivity contribution in [2.45, 2.75) is 56.9 Å². The second kappa shape index (κ2) is 13.7. The van der Waals surface area contributed by atoms with Crippen LogP contribution in [0.3, 0.4) is 0 Å². The summed E-state index contributed by atoms with van der Waals surface area (Å²) in [6, 6.07) is 16.4. The highest BCUT2D eigenvalue weighted by atomic mass is 32.2. The molecule has 0 aliphatic carbocycles. The number of anilines is 1. The number of halogens is 3. The van der Waals surface area contributed by atoms with Crippen LogP contribution in [0.25, 0.3) is 0 Å². The maximum Gasteiger partial charge on any atom is 0.416 e. The molecule has 8 nitrogen and oxygen atoms in total. The van der Waals surface area contributed by atoms with Gasteiger partial charge in [0.15, 0.2) is 0 Å². The van der Waals surface area contributed by atoms with E-state index in [9.17, 15) is 31.2 Å². The standard InChI is InChI=1S/C30H34F3N3O5S/c1-5-21(2)34-29(38)22(3)35(19-23-11-9-14-26(17-23)41-4)28(37)20-36(42(39,40)27-15-7-6-8-16-27)25-13-10-12-24(18-25)30(31,32)33/h6-18,21-22H,5,19-20H2,1-4H3,(H,34,38)/t21-,22-/m1/s1. The Balaban J connectivity index is 2.08. The first-order valence-corrected chi connectivity index (χ1v) is 14.7. The monoisotopic (exact) mass is 605 g/mol. The van der Waals surface area contributed by atoms with Gasteiger partial charge in [0.1, 0.15) is 18.3 Å². The molecule has 0 radical (unpaired) electrons. The van der Waals surface area contributed by atoms with E-state index >= 15 is 0 Å². The summed E-state index contributed by atoms with van der Waals surface area (Å²) in [5.74, 6) is -0.743. The predicted octanol–water partition coefficient (Wildman–Crippen LogP) is 5.24. The van der Waals surface area contributed by atoms with Gasteiger partial charge in [-0.1, -0.05) is 43.3 Å². The first-order chi connectivity index (χ1) is 19.8.